The molecule has 0 aliphatic heterocycles. The summed E-state index contributed by atoms with van der Waals surface area (Å²) >= 11 is 0. The zero-order valence-corrected chi connectivity index (χ0v) is 14.1. The predicted octanol–water partition coefficient (Wildman–Crippen LogP) is 2.90. The number of hydrogen-bond acceptors (Lipinski definition) is 5. The van der Waals surface area contributed by atoms with Crippen molar-refractivity contribution >= 4 is 11.6 Å². The Hall–Kier alpha value is -3.62. The molecule has 0 aliphatic rings. The lowest BCUT2D eigenvalue weighted by molar-refractivity contribution is 0.0949. The summed E-state index contributed by atoms with van der Waals surface area (Å²) in [7, 11) is 0. The highest BCUT2D eigenvalue weighted by Gasteiger charge is 2.18. The Kier molecular flexibility index (Phi) is 4.11. The lowest BCUT2D eigenvalue weighted by Crippen LogP contribution is -2.23. The zero-order valence-electron chi connectivity index (χ0n) is 14.1. The van der Waals surface area contributed by atoms with Crippen LogP contribution >= 0.6 is 0 Å². The molecule has 1 aromatic carbocycles. The van der Waals surface area contributed by atoms with Gasteiger partial charge >= 0.3 is 0 Å². The van der Waals surface area contributed by atoms with Crippen LogP contribution in [0.25, 0.3) is 17.1 Å². The predicted molar refractivity (Wildman–Crippen MR) is 90.7 cm³/mol. The molecular formula is C18H13F2N5O2. The van der Waals surface area contributed by atoms with Gasteiger partial charge in [0.1, 0.15) is 22.8 Å². The average molecular weight is 369 g/mol. The summed E-state index contributed by atoms with van der Waals surface area (Å²) < 4.78 is 34.2. The monoisotopic (exact) mass is 369 g/mol. The highest BCUT2D eigenvalue weighted by Crippen LogP contribution is 2.24. The summed E-state index contributed by atoms with van der Waals surface area (Å²) in [5, 5.41) is 6.28. The number of carbonyl (C=O) groups is 1. The quantitative estimate of drug-likeness (QED) is 0.598. The van der Waals surface area contributed by atoms with Crippen molar-refractivity contribution in [2.75, 3.05) is 0 Å². The Labute approximate surface area is 151 Å². The molecular weight excluding hydrogens is 356 g/mol. The lowest BCUT2D eigenvalue weighted by Gasteiger charge is -2.03. The first-order valence-electron chi connectivity index (χ1n) is 8.02. The second kappa shape index (κ2) is 6.60. The van der Waals surface area contributed by atoms with Crippen molar-refractivity contribution in [2.24, 2.45) is 0 Å². The molecule has 7 nitrogen and oxygen atoms in total. The number of hydrogen-bond donors (Lipinski definition) is 1. The summed E-state index contributed by atoms with van der Waals surface area (Å²) in [6.07, 6.45) is 3.46. The molecule has 0 fully saturated rings. The summed E-state index contributed by atoms with van der Waals surface area (Å²) in [4.78, 5) is 20.5. The highest BCUT2D eigenvalue weighted by molar-refractivity contribution is 5.94. The summed E-state index contributed by atoms with van der Waals surface area (Å²) in [5.74, 6) is -2.16. The van der Waals surface area contributed by atoms with Crippen LogP contribution in [0.3, 0.4) is 0 Å². The minimum atomic E-state index is -0.807. The maximum atomic E-state index is 13.8. The molecule has 0 saturated carbocycles. The minimum absolute atomic E-state index is 0.0562. The molecule has 4 aromatic rings. The van der Waals surface area contributed by atoms with Crippen molar-refractivity contribution in [3.63, 3.8) is 0 Å². The van der Waals surface area contributed by atoms with Crippen molar-refractivity contribution in [1.29, 1.82) is 0 Å². The number of fused-ring (bicyclic) bond motifs is 1. The molecule has 0 radical (unpaired) electrons. The highest BCUT2D eigenvalue weighted by atomic mass is 19.1. The van der Waals surface area contributed by atoms with Gasteiger partial charge in [-0.25, -0.2) is 13.8 Å². The van der Waals surface area contributed by atoms with Gasteiger partial charge in [-0.2, -0.15) is 4.98 Å². The Morgan fingerprint density at radius 2 is 1.93 bits per heavy atom. The van der Waals surface area contributed by atoms with E-state index in [0.29, 0.717) is 5.56 Å². The molecule has 136 valence electrons. The number of imidazole rings is 1. The molecule has 9 heteroatoms. The number of benzene rings is 1. The number of aryl methyl sites for hydroxylation is 1. The van der Waals surface area contributed by atoms with Gasteiger partial charge in [0.15, 0.2) is 5.82 Å². The first-order chi connectivity index (χ1) is 13.0. The van der Waals surface area contributed by atoms with Crippen LogP contribution in [-0.4, -0.2) is 25.4 Å². The summed E-state index contributed by atoms with van der Waals surface area (Å²) in [6, 6.07) is 6.81. The fourth-order valence-corrected chi connectivity index (χ4v) is 2.64. The molecule has 1 N–H and O–H groups in total. The Balaban J connectivity index is 1.48. The number of pyridine rings is 1. The number of rotatable bonds is 4. The molecule has 0 spiro atoms. The van der Waals surface area contributed by atoms with Gasteiger partial charge in [0, 0.05) is 12.4 Å². The smallest absolute Gasteiger partial charge is 0.263 e. The third-order valence-electron chi connectivity index (χ3n) is 3.89. The van der Waals surface area contributed by atoms with Gasteiger partial charge in [0.05, 0.1) is 17.8 Å². The topological polar surface area (TPSA) is 85.3 Å². The van der Waals surface area contributed by atoms with E-state index in [-0.39, 0.29) is 24.2 Å². The van der Waals surface area contributed by atoms with Crippen molar-refractivity contribution in [2.45, 2.75) is 13.5 Å². The van der Waals surface area contributed by atoms with Crippen molar-refractivity contribution in [3.8, 4) is 11.5 Å². The number of amides is 1. The van der Waals surface area contributed by atoms with Gasteiger partial charge in [0.25, 0.3) is 11.8 Å². The normalized spacial score (nSPS) is 11.1. The Morgan fingerprint density at radius 3 is 2.70 bits per heavy atom. The van der Waals surface area contributed by atoms with Gasteiger partial charge < -0.3 is 14.2 Å². The van der Waals surface area contributed by atoms with Crippen LogP contribution < -0.4 is 5.32 Å². The second-order valence-electron chi connectivity index (χ2n) is 5.86. The third-order valence-corrected chi connectivity index (χ3v) is 3.89. The second-order valence-corrected chi connectivity index (χ2v) is 5.86. The fourth-order valence-electron chi connectivity index (χ4n) is 2.64. The maximum Gasteiger partial charge on any atom is 0.263 e. The van der Waals surface area contributed by atoms with Gasteiger partial charge in [-0.1, -0.05) is 11.2 Å². The number of carbonyl (C=O) groups excluding carboxylic acids is 1. The number of aromatic nitrogens is 4. The molecule has 0 saturated heterocycles. The fraction of sp³-hybridized carbons (Fsp3) is 0.111. The van der Waals surface area contributed by atoms with E-state index in [4.69, 9.17) is 4.52 Å². The van der Waals surface area contributed by atoms with Crippen LogP contribution in [0, 0.1) is 18.6 Å². The van der Waals surface area contributed by atoms with E-state index >= 15 is 0 Å². The lowest BCUT2D eigenvalue weighted by atomic mass is 10.2. The summed E-state index contributed by atoms with van der Waals surface area (Å²) in [6.45, 7) is 1.80. The van der Waals surface area contributed by atoms with Crippen LogP contribution in [0.15, 0.2) is 47.2 Å². The molecule has 27 heavy (non-hydrogen) atoms. The molecule has 0 aliphatic carbocycles. The molecule has 4 rings (SSSR count). The molecule has 0 bridgehead atoms. The van der Waals surface area contributed by atoms with Gasteiger partial charge in [-0.3, -0.25) is 4.79 Å². The SMILES string of the molecule is Cc1cn2cc(C(=O)NCc3noc(-c4c(F)cccc4F)n3)ccc2n1. The van der Waals surface area contributed by atoms with Gasteiger partial charge in [-0.15, -0.1) is 0 Å². The molecule has 1 amide bonds. The van der Waals surface area contributed by atoms with E-state index in [9.17, 15) is 13.6 Å². The Bertz CT molecular complexity index is 1130. The van der Waals surface area contributed by atoms with Crippen LogP contribution in [0.1, 0.15) is 21.9 Å². The first-order valence-corrected chi connectivity index (χ1v) is 8.02. The minimum Gasteiger partial charge on any atom is -0.345 e. The molecule has 0 atom stereocenters. The van der Waals surface area contributed by atoms with Crippen LogP contribution in [0.2, 0.25) is 0 Å². The van der Waals surface area contributed by atoms with Crippen molar-refractivity contribution in [3.05, 3.63) is 71.4 Å². The summed E-state index contributed by atoms with van der Waals surface area (Å²) in [5.41, 5.74) is 1.60. The number of nitrogens with zero attached hydrogens (tertiary/aromatic N) is 4. The van der Waals surface area contributed by atoms with E-state index in [1.165, 1.54) is 6.07 Å². The molecule has 3 heterocycles. The number of nitrogens with one attached hydrogen (secondary N) is 1. The van der Waals surface area contributed by atoms with E-state index in [0.717, 1.165) is 23.5 Å². The largest absolute Gasteiger partial charge is 0.345 e. The van der Waals surface area contributed by atoms with E-state index < -0.39 is 17.2 Å². The molecule has 3 aromatic heterocycles. The first kappa shape index (κ1) is 16.8. The van der Waals surface area contributed by atoms with Crippen LogP contribution in [-0.2, 0) is 6.54 Å². The van der Waals surface area contributed by atoms with Gasteiger partial charge in [0.2, 0.25) is 0 Å². The molecule has 0 unspecified atom stereocenters. The third kappa shape index (κ3) is 3.26. The van der Waals surface area contributed by atoms with Crippen LogP contribution in [0.5, 0.6) is 0 Å². The van der Waals surface area contributed by atoms with E-state index in [1.807, 2.05) is 6.92 Å². The average Bonchev–Trinajstić information content (AvgIpc) is 3.24. The standard InChI is InChI=1S/C18H13F2N5O2/c1-10-8-25-9-11(5-6-15(25)22-10)17(26)21-7-14-23-18(27-24-14)16-12(19)3-2-4-13(16)20/h2-6,8-9H,7H2,1H3,(H,21,26). The van der Waals surface area contributed by atoms with Crippen LogP contribution in [0.4, 0.5) is 8.78 Å². The Morgan fingerprint density at radius 1 is 1.15 bits per heavy atom. The number of halogens is 2. The van der Waals surface area contributed by atoms with Crippen molar-refractivity contribution < 1.29 is 18.1 Å². The van der Waals surface area contributed by atoms with Gasteiger partial charge in [-0.05, 0) is 31.2 Å². The zero-order chi connectivity index (χ0) is 19.0. The van der Waals surface area contributed by atoms with E-state index in [2.05, 4.69) is 20.4 Å². The van der Waals surface area contributed by atoms with Crippen molar-refractivity contribution in [1.82, 2.24) is 24.8 Å². The van der Waals surface area contributed by atoms with E-state index in [1.54, 1.807) is 28.9 Å². The maximum absolute atomic E-state index is 13.8.